The highest BCUT2D eigenvalue weighted by Crippen LogP contribution is 2.37. The SMILES string of the molecule is Cc1ccc(-c2ccc(N(c3ccc(C=Cc4ccc(OC(C)C(C)O)cc4)cc3)c3ccc(OC(C)C(C)O)cc3)cc2)cc1. The first-order chi connectivity index (χ1) is 22.2. The fraction of sp³-hybridized carbons (Fsp3) is 0.220. The summed E-state index contributed by atoms with van der Waals surface area (Å²) in [7, 11) is 0. The molecule has 4 unspecified atom stereocenters. The Bertz CT molecular complexity index is 1690. The summed E-state index contributed by atoms with van der Waals surface area (Å²) in [6.45, 7) is 9.27. The third-order valence-corrected chi connectivity index (χ3v) is 8.11. The molecule has 0 heterocycles. The number of aliphatic hydroxyl groups excluding tert-OH is 2. The van der Waals surface area contributed by atoms with Crippen molar-refractivity contribution in [2.24, 2.45) is 0 Å². The molecular formula is C41H43NO4. The van der Waals surface area contributed by atoms with Crippen molar-refractivity contribution >= 4 is 29.2 Å². The smallest absolute Gasteiger partial charge is 0.121 e. The van der Waals surface area contributed by atoms with Gasteiger partial charge in [-0.2, -0.15) is 0 Å². The van der Waals surface area contributed by atoms with Gasteiger partial charge in [-0.25, -0.2) is 0 Å². The fourth-order valence-electron chi connectivity index (χ4n) is 4.88. The van der Waals surface area contributed by atoms with Gasteiger partial charge in [-0.3, -0.25) is 0 Å². The van der Waals surface area contributed by atoms with Crippen molar-refractivity contribution in [1.82, 2.24) is 0 Å². The molecule has 0 aromatic heterocycles. The van der Waals surface area contributed by atoms with Gasteiger partial charge in [0.15, 0.2) is 0 Å². The van der Waals surface area contributed by atoms with Gasteiger partial charge in [0, 0.05) is 17.1 Å². The van der Waals surface area contributed by atoms with Crippen LogP contribution in [0.25, 0.3) is 23.3 Å². The number of rotatable bonds is 12. The maximum absolute atomic E-state index is 9.87. The Hall–Kier alpha value is -4.84. The molecule has 0 bridgehead atoms. The summed E-state index contributed by atoms with van der Waals surface area (Å²) in [5, 5.41) is 19.6. The Morgan fingerprint density at radius 3 is 1.22 bits per heavy atom. The topological polar surface area (TPSA) is 62.2 Å². The first kappa shape index (κ1) is 32.6. The lowest BCUT2D eigenvalue weighted by atomic mass is 10.0. The summed E-state index contributed by atoms with van der Waals surface area (Å²) >= 11 is 0. The number of nitrogens with zero attached hydrogens (tertiary/aromatic N) is 1. The van der Waals surface area contributed by atoms with Crippen LogP contribution in [0.2, 0.25) is 0 Å². The summed E-state index contributed by atoms with van der Waals surface area (Å²) in [6.07, 6.45) is 2.50. The van der Waals surface area contributed by atoms with Crippen molar-refractivity contribution in [3.8, 4) is 22.6 Å². The number of ether oxygens (including phenoxy) is 2. The second-order valence-corrected chi connectivity index (χ2v) is 11.9. The molecule has 5 nitrogen and oxygen atoms in total. The number of hydrogen-bond donors (Lipinski definition) is 2. The second kappa shape index (κ2) is 15.0. The highest BCUT2D eigenvalue weighted by atomic mass is 16.5. The Kier molecular flexibility index (Phi) is 10.6. The lowest BCUT2D eigenvalue weighted by Gasteiger charge is -2.26. The van der Waals surface area contributed by atoms with Gasteiger partial charge in [0.25, 0.3) is 0 Å². The van der Waals surface area contributed by atoms with E-state index >= 15 is 0 Å². The average molecular weight is 614 g/mol. The molecule has 5 heteroatoms. The van der Waals surface area contributed by atoms with Gasteiger partial charge >= 0.3 is 0 Å². The van der Waals surface area contributed by atoms with E-state index in [2.05, 4.69) is 96.8 Å². The Labute approximate surface area is 273 Å². The van der Waals surface area contributed by atoms with Gasteiger partial charge in [-0.1, -0.05) is 78.4 Å². The minimum atomic E-state index is -0.561. The lowest BCUT2D eigenvalue weighted by Crippen LogP contribution is -2.25. The van der Waals surface area contributed by atoms with Crippen LogP contribution >= 0.6 is 0 Å². The molecule has 0 saturated carbocycles. The average Bonchev–Trinajstić information content (AvgIpc) is 3.06. The molecule has 0 amide bonds. The predicted octanol–water partition coefficient (Wildman–Crippen LogP) is 9.60. The molecule has 4 atom stereocenters. The molecule has 0 aliphatic rings. The number of aryl methyl sites for hydroxylation is 1. The fourth-order valence-corrected chi connectivity index (χ4v) is 4.88. The van der Waals surface area contributed by atoms with Crippen molar-refractivity contribution < 1.29 is 19.7 Å². The van der Waals surface area contributed by atoms with Crippen molar-refractivity contribution in [1.29, 1.82) is 0 Å². The number of anilines is 3. The molecule has 5 aromatic rings. The maximum atomic E-state index is 9.87. The van der Waals surface area contributed by atoms with E-state index in [9.17, 15) is 10.2 Å². The monoisotopic (exact) mass is 613 g/mol. The van der Waals surface area contributed by atoms with Gasteiger partial charge in [-0.05, 0) is 118 Å². The van der Waals surface area contributed by atoms with E-state index in [1.165, 1.54) is 11.1 Å². The lowest BCUT2D eigenvalue weighted by molar-refractivity contribution is 0.0604. The van der Waals surface area contributed by atoms with Crippen LogP contribution in [-0.4, -0.2) is 34.6 Å². The van der Waals surface area contributed by atoms with Gasteiger partial charge in [-0.15, -0.1) is 0 Å². The summed E-state index contributed by atoms with van der Waals surface area (Å²) < 4.78 is 11.7. The van der Waals surface area contributed by atoms with Gasteiger partial charge < -0.3 is 24.6 Å². The molecule has 0 fully saturated rings. The molecule has 5 aromatic carbocycles. The van der Waals surface area contributed by atoms with Crippen LogP contribution in [0.15, 0.2) is 121 Å². The minimum Gasteiger partial charge on any atom is -0.488 e. The number of hydrogen-bond acceptors (Lipinski definition) is 5. The summed E-state index contributed by atoms with van der Waals surface area (Å²) in [6, 6.07) is 41.5. The molecule has 2 N–H and O–H groups in total. The van der Waals surface area contributed by atoms with Crippen molar-refractivity contribution in [2.45, 2.75) is 59.0 Å². The highest BCUT2D eigenvalue weighted by molar-refractivity contribution is 5.79. The van der Waals surface area contributed by atoms with Crippen LogP contribution in [0.4, 0.5) is 17.1 Å². The standard InChI is InChI=1S/C41H43NO4/c1-28-6-14-35(15-7-28)36-16-20-38(21-17-36)42(39-22-26-41(27-23-39)46-32(5)30(3)44)37-18-10-33(11-19-37)8-9-34-12-24-40(25-13-34)45-31(4)29(2)43/h6-27,29-32,43-44H,1-5H3. The Morgan fingerprint density at radius 2 is 0.804 bits per heavy atom. The van der Waals surface area contributed by atoms with E-state index in [4.69, 9.17) is 9.47 Å². The zero-order chi connectivity index (χ0) is 32.6. The maximum Gasteiger partial charge on any atom is 0.121 e. The summed E-state index contributed by atoms with van der Waals surface area (Å²) in [5.41, 5.74) is 8.79. The number of benzene rings is 5. The third kappa shape index (κ3) is 8.45. The van der Waals surface area contributed by atoms with Crippen molar-refractivity contribution in [3.05, 3.63) is 138 Å². The predicted molar refractivity (Wildman–Crippen MR) is 190 cm³/mol. The second-order valence-electron chi connectivity index (χ2n) is 11.9. The van der Waals surface area contributed by atoms with E-state index < -0.39 is 12.2 Å². The minimum absolute atomic E-state index is 0.268. The van der Waals surface area contributed by atoms with E-state index in [0.717, 1.165) is 39.5 Å². The van der Waals surface area contributed by atoms with Crippen LogP contribution < -0.4 is 14.4 Å². The Morgan fingerprint density at radius 1 is 0.478 bits per heavy atom. The Balaban J connectivity index is 1.38. The van der Waals surface area contributed by atoms with E-state index in [1.807, 2.05) is 62.4 Å². The zero-order valence-corrected chi connectivity index (χ0v) is 27.2. The number of aliphatic hydroxyl groups is 2. The van der Waals surface area contributed by atoms with Crippen LogP contribution in [0.3, 0.4) is 0 Å². The molecule has 0 spiro atoms. The zero-order valence-electron chi connectivity index (χ0n) is 27.2. The third-order valence-electron chi connectivity index (χ3n) is 8.11. The van der Waals surface area contributed by atoms with Gasteiger partial charge in [0.05, 0.1) is 12.2 Å². The first-order valence-electron chi connectivity index (χ1n) is 15.8. The molecular weight excluding hydrogens is 570 g/mol. The van der Waals surface area contributed by atoms with E-state index in [0.29, 0.717) is 5.75 Å². The van der Waals surface area contributed by atoms with E-state index in [1.54, 1.807) is 13.8 Å². The quantitative estimate of drug-likeness (QED) is 0.137. The molecule has 0 radical (unpaired) electrons. The van der Waals surface area contributed by atoms with Crippen molar-refractivity contribution in [3.63, 3.8) is 0 Å². The molecule has 5 rings (SSSR count). The first-order valence-corrected chi connectivity index (χ1v) is 15.8. The largest absolute Gasteiger partial charge is 0.488 e. The molecule has 0 saturated heterocycles. The molecule has 0 aliphatic heterocycles. The molecule has 46 heavy (non-hydrogen) atoms. The molecule has 236 valence electrons. The van der Waals surface area contributed by atoms with E-state index in [-0.39, 0.29) is 12.2 Å². The van der Waals surface area contributed by atoms with Gasteiger partial charge in [0.2, 0.25) is 0 Å². The normalized spacial score (nSPS) is 14.0. The summed E-state index contributed by atoms with van der Waals surface area (Å²) in [4.78, 5) is 2.22. The van der Waals surface area contributed by atoms with Crippen LogP contribution in [0, 0.1) is 6.92 Å². The van der Waals surface area contributed by atoms with Crippen LogP contribution in [0.1, 0.15) is 44.4 Å². The van der Waals surface area contributed by atoms with Gasteiger partial charge in [0.1, 0.15) is 23.7 Å². The van der Waals surface area contributed by atoms with Crippen molar-refractivity contribution in [2.75, 3.05) is 4.90 Å². The molecule has 0 aliphatic carbocycles. The highest BCUT2D eigenvalue weighted by Gasteiger charge is 2.15. The summed E-state index contributed by atoms with van der Waals surface area (Å²) in [5.74, 6) is 1.45. The van der Waals surface area contributed by atoms with Crippen LogP contribution in [0.5, 0.6) is 11.5 Å². The van der Waals surface area contributed by atoms with Crippen LogP contribution in [-0.2, 0) is 0 Å².